The Morgan fingerprint density at radius 1 is 0.949 bits per heavy atom. The third-order valence-corrected chi connectivity index (χ3v) is 17.4. The van der Waals surface area contributed by atoms with Crippen LogP contribution in [0.25, 0.3) is 11.2 Å². The number of esters is 1. The molecular formula is C27H49N5O5Si2. The summed E-state index contributed by atoms with van der Waals surface area (Å²) in [5.41, 5.74) is 6.32. The fraction of sp³-hybridized carbons (Fsp3) is 0.778. The number of ether oxygens (including phenoxy) is 2. The Bertz CT molecular complexity index is 1180. The van der Waals surface area contributed by atoms with Crippen molar-refractivity contribution in [1.29, 1.82) is 0 Å². The lowest BCUT2D eigenvalue weighted by molar-refractivity contribution is -0.167. The van der Waals surface area contributed by atoms with Crippen LogP contribution in [0.4, 0.5) is 5.82 Å². The van der Waals surface area contributed by atoms with Gasteiger partial charge in [0.15, 0.2) is 40.4 Å². The summed E-state index contributed by atoms with van der Waals surface area (Å²) < 4.78 is 28.4. The SMILES string of the molecule is CC(C)(C)C(=O)O[C@@H]1[C@H](O[Si](C)(C)C(C)(C)C)[C@@H](CO[Si](C)(C)C(C)(C)C)O[C@H]1n1cnc2c(N)ncnc21. The van der Waals surface area contributed by atoms with Crippen molar-refractivity contribution < 1.29 is 23.1 Å². The third-order valence-electron chi connectivity index (χ3n) is 8.45. The van der Waals surface area contributed by atoms with Crippen molar-refractivity contribution in [3.63, 3.8) is 0 Å². The Morgan fingerprint density at radius 2 is 1.54 bits per heavy atom. The van der Waals surface area contributed by atoms with Gasteiger partial charge in [0.05, 0.1) is 18.3 Å². The zero-order chi connectivity index (χ0) is 29.8. The maximum atomic E-state index is 13.3. The molecule has 0 saturated carbocycles. The van der Waals surface area contributed by atoms with Crippen molar-refractivity contribution in [3.8, 4) is 0 Å². The van der Waals surface area contributed by atoms with Crippen molar-refractivity contribution in [2.75, 3.05) is 12.3 Å². The van der Waals surface area contributed by atoms with E-state index in [0.717, 1.165) is 0 Å². The summed E-state index contributed by atoms with van der Waals surface area (Å²) >= 11 is 0. The van der Waals surface area contributed by atoms with Crippen LogP contribution in [0.15, 0.2) is 12.7 Å². The van der Waals surface area contributed by atoms with Gasteiger partial charge in [0, 0.05) is 0 Å². The van der Waals surface area contributed by atoms with E-state index in [1.54, 1.807) is 10.9 Å². The van der Waals surface area contributed by atoms with Gasteiger partial charge in [0.2, 0.25) is 0 Å². The minimum absolute atomic E-state index is 0.0217. The van der Waals surface area contributed by atoms with Crippen molar-refractivity contribution in [2.45, 2.75) is 123 Å². The molecule has 220 valence electrons. The molecule has 1 aliphatic heterocycles. The molecule has 1 saturated heterocycles. The summed E-state index contributed by atoms with van der Waals surface area (Å²) in [7, 11) is -4.43. The number of hydrogen-bond donors (Lipinski definition) is 1. The molecule has 0 unspecified atom stereocenters. The van der Waals surface area contributed by atoms with E-state index in [0.29, 0.717) is 17.8 Å². The Morgan fingerprint density at radius 3 is 2.08 bits per heavy atom. The Labute approximate surface area is 235 Å². The predicted molar refractivity (Wildman–Crippen MR) is 158 cm³/mol. The normalized spacial score (nSPS) is 23.4. The quantitative estimate of drug-likeness (QED) is 0.326. The second-order valence-electron chi connectivity index (χ2n) is 14.7. The topological polar surface area (TPSA) is 124 Å². The molecule has 0 radical (unpaired) electrons. The van der Waals surface area contributed by atoms with Gasteiger partial charge in [-0.15, -0.1) is 0 Å². The molecule has 10 nitrogen and oxygen atoms in total. The summed E-state index contributed by atoms with van der Waals surface area (Å²) in [6, 6.07) is 0. The second-order valence-corrected chi connectivity index (χ2v) is 24.2. The molecular weight excluding hydrogens is 530 g/mol. The highest BCUT2D eigenvalue weighted by atomic mass is 28.4. The monoisotopic (exact) mass is 579 g/mol. The Hall–Kier alpha value is -1.87. The molecule has 0 aromatic carbocycles. The van der Waals surface area contributed by atoms with Gasteiger partial charge in [-0.1, -0.05) is 41.5 Å². The lowest BCUT2D eigenvalue weighted by Crippen LogP contribution is -2.52. The number of nitrogens with two attached hydrogens (primary N) is 1. The van der Waals surface area contributed by atoms with Crippen molar-refractivity contribution in [1.82, 2.24) is 19.5 Å². The number of rotatable bonds is 7. The molecule has 12 heteroatoms. The highest BCUT2D eigenvalue weighted by Gasteiger charge is 2.54. The van der Waals surface area contributed by atoms with E-state index in [4.69, 9.17) is 24.1 Å². The number of aromatic nitrogens is 4. The van der Waals surface area contributed by atoms with E-state index in [1.807, 2.05) is 20.8 Å². The zero-order valence-corrected chi connectivity index (χ0v) is 28.1. The van der Waals surface area contributed by atoms with E-state index in [9.17, 15) is 4.79 Å². The number of fused-ring (bicyclic) bond motifs is 1. The average molecular weight is 580 g/mol. The van der Waals surface area contributed by atoms with Gasteiger partial charge in [-0.3, -0.25) is 9.36 Å². The van der Waals surface area contributed by atoms with E-state index in [2.05, 4.69) is 82.7 Å². The van der Waals surface area contributed by atoms with Gasteiger partial charge in [-0.05, 0) is 57.0 Å². The molecule has 3 rings (SSSR count). The average Bonchev–Trinajstić information content (AvgIpc) is 3.32. The summed E-state index contributed by atoms with van der Waals surface area (Å²) in [6.07, 6.45) is 0.476. The van der Waals surface area contributed by atoms with Crippen molar-refractivity contribution in [3.05, 3.63) is 12.7 Å². The molecule has 2 aromatic heterocycles. The molecule has 0 bridgehead atoms. The van der Waals surface area contributed by atoms with Crippen LogP contribution in [0.1, 0.15) is 68.5 Å². The van der Waals surface area contributed by atoms with Crippen LogP contribution in [-0.2, 0) is 23.1 Å². The van der Waals surface area contributed by atoms with Gasteiger partial charge >= 0.3 is 5.97 Å². The fourth-order valence-electron chi connectivity index (χ4n) is 3.71. The molecule has 39 heavy (non-hydrogen) atoms. The van der Waals surface area contributed by atoms with Crippen molar-refractivity contribution >= 4 is 39.6 Å². The first-order valence-corrected chi connectivity index (χ1v) is 19.5. The van der Waals surface area contributed by atoms with Gasteiger partial charge < -0.3 is 24.1 Å². The molecule has 1 fully saturated rings. The summed E-state index contributed by atoms with van der Waals surface area (Å²) in [6.45, 7) is 27.8. The number of nitrogen functional groups attached to an aromatic ring is 1. The van der Waals surface area contributed by atoms with Crippen LogP contribution in [0.2, 0.25) is 36.3 Å². The molecule has 2 N–H and O–H groups in total. The highest BCUT2D eigenvalue weighted by molar-refractivity contribution is 6.74. The Balaban J connectivity index is 2.11. The van der Waals surface area contributed by atoms with Crippen molar-refractivity contribution in [2.24, 2.45) is 5.41 Å². The van der Waals surface area contributed by atoms with Crippen LogP contribution in [0.5, 0.6) is 0 Å². The zero-order valence-electron chi connectivity index (χ0n) is 26.1. The van der Waals surface area contributed by atoms with E-state index >= 15 is 0 Å². The second kappa shape index (κ2) is 10.5. The number of carbonyl (C=O) groups excluding carboxylic acids is 1. The van der Waals surface area contributed by atoms with Gasteiger partial charge in [0.1, 0.15) is 24.1 Å². The molecule has 0 amide bonds. The molecule has 4 atom stereocenters. The van der Waals surface area contributed by atoms with E-state index < -0.39 is 46.6 Å². The number of anilines is 1. The number of nitrogens with zero attached hydrogens (tertiary/aromatic N) is 4. The Kier molecular flexibility index (Phi) is 8.53. The fourth-order valence-corrected chi connectivity index (χ4v) is 6.05. The minimum atomic E-state index is -2.33. The number of carbonyl (C=O) groups is 1. The van der Waals surface area contributed by atoms with Crippen LogP contribution in [0, 0.1) is 5.41 Å². The van der Waals surface area contributed by atoms with E-state index in [-0.39, 0.29) is 21.9 Å². The first-order valence-electron chi connectivity index (χ1n) is 13.7. The van der Waals surface area contributed by atoms with Gasteiger partial charge in [-0.25, -0.2) is 15.0 Å². The molecule has 1 aliphatic rings. The lowest BCUT2D eigenvalue weighted by atomic mass is 9.97. The first kappa shape index (κ1) is 31.7. The van der Waals surface area contributed by atoms with E-state index in [1.165, 1.54) is 6.33 Å². The largest absolute Gasteiger partial charge is 0.454 e. The van der Waals surface area contributed by atoms with Gasteiger partial charge in [0.25, 0.3) is 0 Å². The van der Waals surface area contributed by atoms with Gasteiger partial charge in [-0.2, -0.15) is 0 Å². The summed E-state index contributed by atoms with van der Waals surface area (Å²) in [4.78, 5) is 26.2. The van der Waals surface area contributed by atoms with Crippen LogP contribution in [0.3, 0.4) is 0 Å². The highest BCUT2D eigenvalue weighted by Crippen LogP contribution is 2.44. The number of hydrogen-bond acceptors (Lipinski definition) is 9. The molecule has 0 spiro atoms. The molecule has 3 heterocycles. The summed E-state index contributed by atoms with van der Waals surface area (Å²) in [5.74, 6) is -0.0682. The summed E-state index contributed by atoms with van der Waals surface area (Å²) in [5, 5.41) is -0.0498. The molecule has 2 aromatic rings. The van der Waals surface area contributed by atoms with Crippen LogP contribution >= 0.6 is 0 Å². The third kappa shape index (κ3) is 6.56. The number of imidazole rings is 1. The van der Waals surface area contributed by atoms with Crippen LogP contribution in [-0.4, -0.2) is 67.0 Å². The maximum absolute atomic E-state index is 13.3. The van der Waals surface area contributed by atoms with Crippen LogP contribution < -0.4 is 5.73 Å². The standard InChI is InChI=1S/C27H49N5O5Si2/c1-25(2,3)24(33)36-20-19(37-39(12,13)27(7,8)9)17(14-34-38(10,11)26(4,5)6)35-23(20)32-16-31-18-21(28)29-15-30-22(18)32/h15-17,19-20,23H,14H2,1-13H3,(H2,28,29,30)/t17-,19-,20-,23-/m1/s1. The lowest BCUT2D eigenvalue weighted by Gasteiger charge is -2.41. The molecule has 0 aliphatic carbocycles. The maximum Gasteiger partial charge on any atom is 0.311 e. The minimum Gasteiger partial charge on any atom is -0.454 e. The predicted octanol–water partition coefficient (Wildman–Crippen LogP) is 5.68. The smallest absolute Gasteiger partial charge is 0.311 e. The first-order chi connectivity index (χ1) is 17.6.